The zero-order chi connectivity index (χ0) is 49.4. The van der Waals surface area contributed by atoms with Crippen LogP contribution in [0.25, 0.3) is 72.7 Å². The number of para-hydroxylation sites is 1. The summed E-state index contributed by atoms with van der Waals surface area (Å²) in [6.07, 6.45) is 1.51. The van der Waals surface area contributed by atoms with E-state index in [1.807, 2.05) is 97.3 Å². The number of nitrogens with zero attached hydrogens (tertiary/aromatic N) is 3. The maximum absolute atomic E-state index is 12.2. The number of aryl methyl sites for hydroxylation is 1. The number of aromatic hydroxyl groups is 1. The number of phenolic OH excluding ortho intramolecular Hbond substituents is 1. The van der Waals surface area contributed by atoms with E-state index in [4.69, 9.17) is 23.7 Å². The van der Waals surface area contributed by atoms with Crippen LogP contribution in [0, 0.1) is 19.8 Å². The molecule has 0 saturated carbocycles. The second-order valence-corrected chi connectivity index (χ2v) is 16.5. The van der Waals surface area contributed by atoms with Gasteiger partial charge < -0.3 is 5.11 Å². The molecule has 0 amide bonds. The van der Waals surface area contributed by atoms with Crippen molar-refractivity contribution >= 4 is 11.0 Å². The molecule has 8 rings (SSSR count). The quantitative estimate of drug-likeness (QED) is 0.154. The minimum Gasteiger partial charge on any atom is -0.507 e. The van der Waals surface area contributed by atoms with Crippen molar-refractivity contribution in [3.8, 4) is 67.5 Å². The zero-order valence-corrected chi connectivity index (χ0v) is 36.4. The van der Waals surface area contributed by atoms with Crippen LogP contribution in [-0.2, 0) is 26.5 Å². The van der Waals surface area contributed by atoms with Crippen molar-refractivity contribution in [2.75, 3.05) is 0 Å². The van der Waals surface area contributed by atoms with Crippen LogP contribution < -0.4 is 0 Å². The van der Waals surface area contributed by atoms with Crippen LogP contribution in [-0.4, -0.2) is 19.6 Å². The Balaban J connectivity index is 0.00000703. The summed E-state index contributed by atoms with van der Waals surface area (Å²) in [4.78, 5) is 10.1. The van der Waals surface area contributed by atoms with Gasteiger partial charge in [0.05, 0.1) is 22.1 Å². The molecular formula is C54H52N3OPt-. The molecular weight excluding hydrogens is 902 g/mol. The van der Waals surface area contributed by atoms with Crippen molar-refractivity contribution in [2.45, 2.75) is 79.4 Å². The van der Waals surface area contributed by atoms with Gasteiger partial charge in [-0.2, -0.15) is 0 Å². The van der Waals surface area contributed by atoms with Crippen LogP contribution >= 0.6 is 0 Å². The molecule has 0 spiro atoms. The SMILES string of the molecule is [2H]c1c([2H])c(C([2H])([2H])[2H])c([2H])c([2H])c1-c1ccnc(-c2[c-]c(-c3cccc4c3nc(-c3cc(C(C)C)cc(C(C)C)c3O)n4-c3cc(-c4ccccc4)cc(C([2H])([2H])[2H])c3)cc(C(C)(C)C)c2)c1.[Pt]. The van der Waals surface area contributed by atoms with Crippen molar-refractivity contribution in [1.82, 2.24) is 14.5 Å². The van der Waals surface area contributed by atoms with Gasteiger partial charge in [0.15, 0.2) is 0 Å². The molecule has 8 aromatic rings. The largest absolute Gasteiger partial charge is 0.507 e. The van der Waals surface area contributed by atoms with Crippen molar-refractivity contribution in [3.63, 3.8) is 0 Å². The number of hydrogen-bond acceptors (Lipinski definition) is 3. The van der Waals surface area contributed by atoms with Crippen molar-refractivity contribution < 1.29 is 39.9 Å². The molecule has 300 valence electrons. The number of hydrogen-bond donors (Lipinski definition) is 1. The summed E-state index contributed by atoms with van der Waals surface area (Å²) in [5, 5.41) is 12.2. The molecule has 5 heteroatoms. The summed E-state index contributed by atoms with van der Waals surface area (Å²) in [6.45, 7) is 9.22. The van der Waals surface area contributed by atoms with E-state index < -0.39 is 43.4 Å². The van der Waals surface area contributed by atoms with Gasteiger partial charge in [0.25, 0.3) is 0 Å². The van der Waals surface area contributed by atoms with Crippen LogP contribution in [0.15, 0.2) is 133 Å². The fourth-order valence-corrected chi connectivity index (χ4v) is 7.40. The zero-order valence-electron chi connectivity index (χ0n) is 44.2. The Morgan fingerprint density at radius 1 is 0.695 bits per heavy atom. The van der Waals surface area contributed by atoms with Crippen LogP contribution in [0.3, 0.4) is 0 Å². The van der Waals surface area contributed by atoms with Crippen LogP contribution in [0.4, 0.5) is 0 Å². The minimum atomic E-state index is -2.84. The van der Waals surface area contributed by atoms with Gasteiger partial charge in [0, 0.05) is 46.9 Å². The smallest absolute Gasteiger partial charge is 0.148 e. The molecule has 2 aromatic heterocycles. The third kappa shape index (κ3) is 8.34. The van der Waals surface area contributed by atoms with E-state index >= 15 is 0 Å². The first-order valence-corrected chi connectivity index (χ1v) is 19.6. The van der Waals surface area contributed by atoms with Crippen LogP contribution in [0.5, 0.6) is 5.75 Å². The van der Waals surface area contributed by atoms with Gasteiger partial charge in [-0.05, 0) is 100 Å². The number of aromatic nitrogens is 3. The van der Waals surface area contributed by atoms with E-state index in [9.17, 15) is 5.11 Å². The van der Waals surface area contributed by atoms with E-state index in [0.717, 1.165) is 22.3 Å². The summed E-state index contributed by atoms with van der Waals surface area (Å²) in [7, 11) is 0. The molecule has 0 aliphatic heterocycles. The Bertz CT molecular complexity index is 3230. The number of fused-ring (bicyclic) bond motifs is 1. The molecule has 0 unspecified atom stereocenters. The van der Waals surface area contributed by atoms with E-state index in [-0.39, 0.29) is 55.2 Å². The molecule has 1 N–H and O–H groups in total. The van der Waals surface area contributed by atoms with E-state index in [2.05, 4.69) is 40.7 Å². The van der Waals surface area contributed by atoms with Crippen LogP contribution in [0.1, 0.15) is 102 Å². The van der Waals surface area contributed by atoms with E-state index in [0.29, 0.717) is 61.6 Å². The molecule has 2 heterocycles. The van der Waals surface area contributed by atoms with Crippen molar-refractivity contribution in [1.29, 1.82) is 0 Å². The average Bonchev–Trinajstić information content (AvgIpc) is 3.67. The second kappa shape index (κ2) is 16.6. The number of imidazole rings is 1. The molecule has 0 aliphatic rings. The summed E-state index contributed by atoms with van der Waals surface area (Å²) < 4.78 is 86.0. The van der Waals surface area contributed by atoms with Gasteiger partial charge in [0.2, 0.25) is 0 Å². The first-order valence-electron chi connectivity index (χ1n) is 24.6. The third-order valence-electron chi connectivity index (χ3n) is 10.6. The van der Waals surface area contributed by atoms with Gasteiger partial charge in [-0.15, -0.1) is 29.3 Å². The molecule has 0 bridgehead atoms. The number of pyridine rings is 1. The standard InChI is InChI=1S/C54H52N3O.Pt/c1-33(2)40-30-47(34(3)4)52(58)48(31-40)53-56-51-46(16-13-17-50(51)57(53)45-25-36(6)24-41(29-45)37-14-11-10-12-15-37)42-26-43(28-44(27-42)54(7,8)9)49-32-39(22-23-55-49)38-20-18-35(5)19-21-38;/h10-25,27-34,58H,1-9H3;/q-1;/i5D3,6D3,18D,19D,20D,21D;. The fourth-order valence-electron chi connectivity index (χ4n) is 7.40. The maximum atomic E-state index is 12.2. The second-order valence-electron chi connectivity index (χ2n) is 16.5. The number of phenols is 1. The van der Waals surface area contributed by atoms with Crippen molar-refractivity contribution in [2.24, 2.45) is 0 Å². The molecule has 0 saturated heterocycles. The third-order valence-corrected chi connectivity index (χ3v) is 10.6. The van der Waals surface area contributed by atoms with Crippen LogP contribution in [0.2, 0.25) is 0 Å². The van der Waals surface area contributed by atoms with Crippen molar-refractivity contribution in [3.05, 3.63) is 167 Å². The topological polar surface area (TPSA) is 50.9 Å². The maximum Gasteiger partial charge on any atom is 0.148 e. The Morgan fingerprint density at radius 2 is 1.44 bits per heavy atom. The first-order chi connectivity index (χ1) is 31.8. The van der Waals surface area contributed by atoms with Gasteiger partial charge in [-0.25, -0.2) is 4.98 Å². The van der Waals surface area contributed by atoms with E-state index in [1.165, 1.54) is 6.20 Å². The Morgan fingerprint density at radius 3 is 2.14 bits per heavy atom. The van der Waals surface area contributed by atoms with Gasteiger partial charge >= 0.3 is 0 Å². The van der Waals surface area contributed by atoms with E-state index in [1.54, 1.807) is 24.3 Å². The minimum absolute atomic E-state index is 0. The number of benzene rings is 6. The molecule has 0 atom stereocenters. The van der Waals surface area contributed by atoms with Gasteiger partial charge in [-0.3, -0.25) is 9.55 Å². The summed E-state index contributed by atoms with van der Waals surface area (Å²) in [5.74, 6) is 0.590. The Kier molecular flexibility index (Phi) is 8.57. The fraction of sp³-hybridized carbons (Fsp3) is 0.222. The molecule has 59 heavy (non-hydrogen) atoms. The van der Waals surface area contributed by atoms with Gasteiger partial charge in [-0.1, -0.05) is 150 Å². The van der Waals surface area contributed by atoms with Gasteiger partial charge in [0.1, 0.15) is 11.6 Å². The predicted molar refractivity (Wildman–Crippen MR) is 243 cm³/mol. The predicted octanol–water partition coefficient (Wildman–Crippen LogP) is 14.4. The molecule has 4 nitrogen and oxygen atoms in total. The average molecular weight is 964 g/mol. The molecule has 6 aromatic carbocycles. The summed E-state index contributed by atoms with van der Waals surface area (Å²) >= 11 is 0. The summed E-state index contributed by atoms with van der Waals surface area (Å²) in [5.41, 5.74) is 8.26. The Hall–Kier alpha value is -5.57. The molecule has 0 fully saturated rings. The number of rotatable bonds is 8. The molecule has 0 aliphatic carbocycles. The first kappa shape index (κ1) is 30.5. The monoisotopic (exact) mass is 963 g/mol. The Labute approximate surface area is 378 Å². The summed E-state index contributed by atoms with van der Waals surface area (Å²) in [6, 6.07) is 33.4. The molecule has 0 radical (unpaired) electrons. The normalized spacial score (nSPS) is 14.6.